The van der Waals surface area contributed by atoms with Gasteiger partial charge in [-0.3, -0.25) is 4.79 Å². The van der Waals surface area contributed by atoms with Crippen molar-refractivity contribution in [2.75, 3.05) is 13.1 Å². The lowest BCUT2D eigenvalue weighted by Crippen LogP contribution is -2.43. The van der Waals surface area contributed by atoms with Gasteiger partial charge in [0.1, 0.15) is 5.75 Å². The molecule has 1 aromatic rings. The van der Waals surface area contributed by atoms with E-state index in [1.165, 1.54) is 11.3 Å². The SMILES string of the molecule is CCc1cc(OC(C)C(=O)N2CCCCC2)c(C(=O)O)s1. The topological polar surface area (TPSA) is 66.8 Å². The Labute approximate surface area is 128 Å². The Morgan fingerprint density at radius 3 is 2.62 bits per heavy atom. The molecule has 1 aliphatic heterocycles. The quantitative estimate of drug-likeness (QED) is 0.908. The molecule has 116 valence electrons. The molecule has 0 aliphatic carbocycles. The number of piperidine rings is 1. The molecular formula is C15H21NO4S. The van der Waals surface area contributed by atoms with E-state index in [1.54, 1.807) is 13.0 Å². The zero-order valence-corrected chi connectivity index (χ0v) is 13.2. The Kier molecular flexibility index (Phi) is 5.22. The normalized spacial score (nSPS) is 16.6. The maximum Gasteiger partial charge on any atom is 0.349 e. The summed E-state index contributed by atoms with van der Waals surface area (Å²) in [5, 5.41) is 9.21. The van der Waals surface area contributed by atoms with Crippen molar-refractivity contribution in [3.8, 4) is 5.75 Å². The molecule has 1 unspecified atom stereocenters. The van der Waals surface area contributed by atoms with Gasteiger partial charge in [-0.25, -0.2) is 4.79 Å². The molecule has 1 atom stereocenters. The molecular weight excluding hydrogens is 290 g/mol. The first-order valence-corrected chi connectivity index (χ1v) is 8.16. The van der Waals surface area contributed by atoms with Crippen LogP contribution in [0.3, 0.4) is 0 Å². The van der Waals surface area contributed by atoms with Crippen LogP contribution in [-0.2, 0) is 11.2 Å². The maximum atomic E-state index is 12.3. The third-order valence-electron chi connectivity index (χ3n) is 3.61. The largest absolute Gasteiger partial charge is 0.479 e. The highest BCUT2D eigenvalue weighted by atomic mass is 32.1. The van der Waals surface area contributed by atoms with Crippen LogP contribution in [0, 0.1) is 0 Å². The number of aryl methyl sites for hydroxylation is 1. The summed E-state index contributed by atoms with van der Waals surface area (Å²) in [6.07, 6.45) is 3.31. The zero-order valence-electron chi connectivity index (χ0n) is 12.4. The van der Waals surface area contributed by atoms with Crippen molar-refractivity contribution in [1.29, 1.82) is 0 Å². The van der Waals surface area contributed by atoms with Gasteiger partial charge >= 0.3 is 5.97 Å². The number of aromatic carboxylic acids is 1. The first-order valence-electron chi connectivity index (χ1n) is 7.34. The number of thiophene rings is 1. The van der Waals surface area contributed by atoms with Crippen LogP contribution in [0.1, 0.15) is 47.7 Å². The van der Waals surface area contributed by atoms with Crippen molar-refractivity contribution in [1.82, 2.24) is 4.90 Å². The molecule has 0 aromatic carbocycles. The highest BCUT2D eigenvalue weighted by molar-refractivity contribution is 7.14. The van der Waals surface area contributed by atoms with E-state index >= 15 is 0 Å². The van der Waals surface area contributed by atoms with E-state index in [0.717, 1.165) is 43.6 Å². The second-order valence-corrected chi connectivity index (χ2v) is 6.35. The Balaban J connectivity index is 2.07. The van der Waals surface area contributed by atoms with Crippen LogP contribution in [0.4, 0.5) is 0 Å². The van der Waals surface area contributed by atoms with Crippen molar-refractivity contribution in [2.24, 2.45) is 0 Å². The fourth-order valence-corrected chi connectivity index (χ4v) is 3.31. The number of hydrogen-bond donors (Lipinski definition) is 1. The first kappa shape index (κ1) is 15.8. The number of carboxylic acid groups (broad SMARTS) is 1. The molecule has 1 aromatic heterocycles. The summed E-state index contributed by atoms with van der Waals surface area (Å²) in [5.41, 5.74) is 0. The molecule has 2 rings (SSSR count). The van der Waals surface area contributed by atoms with Crippen molar-refractivity contribution in [3.63, 3.8) is 0 Å². The maximum absolute atomic E-state index is 12.3. The molecule has 0 radical (unpaired) electrons. The number of carboxylic acids is 1. The molecule has 0 spiro atoms. The molecule has 1 aliphatic rings. The number of amides is 1. The standard InChI is InChI=1S/C15H21NO4S/c1-3-11-9-12(13(21-11)15(18)19)20-10(2)14(17)16-7-5-4-6-8-16/h9-10H,3-8H2,1-2H3,(H,18,19). The fraction of sp³-hybridized carbons (Fsp3) is 0.600. The minimum absolute atomic E-state index is 0.0599. The molecule has 5 nitrogen and oxygen atoms in total. The van der Waals surface area contributed by atoms with Crippen molar-refractivity contribution >= 4 is 23.2 Å². The van der Waals surface area contributed by atoms with Crippen LogP contribution in [0.25, 0.3) is 0 Å². The smallest absolute Gasteiger partial charge is 0.349 e. The molecule has 1 saturated heterocycles. The van der Waals surface area contributed by atoms with Crippen LogP contribution < -0.4 is 4.74 Å². The Hall–Kier alpha value is -1.56. The van der Waals surface area contributed by atoms with Gasteiger partial charge in [-0.05, 0) is 38.7 Å². The molecule has 1 N–H and O–H groups in total. The number of rotatable bonds is 5. The van der Waals surface area contributed by atoms with Gasteiger partial charge in [0.15, 0.2) is 11.0 Å². The van der Waals surface area contributed by atoms with E-state index in [0.29, 0.717) is 5.75 Å². The minimum Gasteiger partial charge on any atom is -0.479 e. The molecule has 1 amide bonds. The lowest BCUT2D eigenvalue weighted by Gasteiger charge is -2.29. The lowest BCUT2D eigenvalue weighted by atomic mass is 10.1. The van der Waals surface area contributed by atoms with Crippen LogP contribution in [0.15, 0.2) is 6.07 Å². The highest BCUT2D eigenvalue weighted by Crippen LogP contribution is 2.31. The third kappa shape index (κ3) is 3.75. The summed E-state index contributed by atoms with van der Waals surface area (Å²) >= 11 is 1.21. The van der Waals surface area contributed by atoms with E-state index < -0.39 is 12.1 Å². The lowest BCUT2D eigenvalue weighted by molar-refractivity contribution is -0.138. The zero-order chi connectivity index (χ0) is 15.4. The Bertz CT molecular complexity index is 520. The summed E-state index contributed by atoms with van der Waals surface area (Å²) in [4.78, 5) is 26.5. The Morgan fingerprint density at radius 1 is 1.38 bits per heavy atom. The van der Waals surface area contributed by atoms with Crippen LogP contribution >= 0.6 is 11.3 Å². The van der Waals surface area contributed by atoms with E-state index in [9.17, 15) is 14.7 Å². The summed E-state index contributed by atoms with van der Waals surface area (Å²) in [5.74, 6) is -0.759. The van der Waals surface area contributed by atoms with Gasteiger partial charge in [0.05, 0.1) is 0 Å². The van der Waals surface area contributed by atoms with Crippen molar-refractivity contribution in [3.05, 3.63) is 15.8 Å². The molecule has 6 heteroatoms. The van der Waals surface area contributed by atoms with Gasteiger partial charge in [0.25, 0.3) is 5.91 Å². The van der Waals surface area contributed by atoms with Gasteiger partial charge < -0.3 is 14.7 Å². The number of ether oxygens (including phenoxy) is 1. The Morgan fingerprint density at radius 2 is 2.05 bits per heavy atom. The van der Waals surface area contributed by atoms with Crippen LogP contribution in [0.5, 0.6) is 5.75 Å². The average Bonchev–Trinajstić information content (AvgIpc) is 2.90. The summed E-state index contributed by atoms with van der Waals surface area (Å²) in [6.45, 7) is 5.18. The van der Waals surface area contributed by atoms with Gasteiger partial charge in [0.2, 0.25) is 0 Å². The highest BCUT2D eigenvalue weighted by Gasteiger charge is 2.26. The number of nitrogens with zero attached hydrogens (tertiary/aromatic N) is 1. The molecule has 0 saturated carbocycles. The monoisotopic (exact) mass is 311 g/mol. The minimum atomic E-state index is -1.01. The average molecular weight is 311 g/mol. The molecule has 0 bridgehead atoms. The number of carbonyl (C=O) groups is 2. The fourth-order valence-electron chi connectivity index (χ4n) is 2.45. The molecule has 21 heavy (non-hydrogen) atoms. The number of hydrogen-bond acceptors (Lipinski definition) is 4. The number of carbonyl (C=O) groups excluding carboxylic acids is 1. The summed E-state index contributed by atoms with van der Waals surface area (Å²) < 4.78 is 5.64. The summed E-state index contributed by atoms with van der Waals surface area (Å²) in [6, 6.07) is 1.73. The van der Waals surface area contributed by atoms with E-state index in [-0.39, 0.29) is 10.8 Å². The third-order valence-corrected chi connectivity index (χ3v) is 4.86. The van der Waals surface area contributed by atoms with Gasteiger partial charge in [-0.1, -0.05) is 6.92 Å². The predicted molar refractivity (Wildman–Crippen MR) is 81.2 cm³/mol. The number of likely N-dealkylation sites (tertiary alicyclic amines) is 1. The van der Waals surface area contributed by atoms with Gasteiger partial charge in [-0.2, -0.15) is 0 Å². The molecule has 1 fully saturated rings. The van der Waals surface area contributed by atoms with Crippen molar-refractivity contribution in [2.45, 2.75) is 45.6 Å². The second-order valence-electron chi connectivity index (χ2n) is 5.21. The van der Waals surface area contributed by atoms with Crippen LogP contribution in [0.2, 0.25) is 0 Å². The first-order chi connectivity index (χ1) is 10.0. The second kappa shape index (κ2) is 6.93. The van der Waals surface area contributed by atoms with E-state index in [2.05, 4.69) is 0 Å². The summed E-state index contributed by atoms with van der Waals surface area (Å²) in [7, 11) is 0. The predicted octanol–water partition coefficient (Wildman–Crippen LogP) is 2.79. The van der Waals surface area contributed by atoms with Crippen LogP contribution in [-0.4, -0.2) is 41.1 Å². The van der Waals surface area contributed by atoms with Crippen molar-refractivity contribution < 1.29 is 19.4 Å². The molecule has 2 heterocycles. The van der Waals surface area contributed by atoms with Gasteiger partial charge in [0, 0.05) is 18.0 Å². The van der Waals surface area contributed by atoms with E-state index in [4.69, 9.17) is 4.74 Å². The van der Waals surface area contributed by atoms with Gasteiger partial charge in [-0.15, -0.1) is 11.3 Å². The van der Waals surface area contributed by atoms with E-state index in [1.807, 2.05) is 11.8 Å².